The summed E-state index contributed by atoms with van der Waals surface area (Å²) < 4.78 is 6.10. The number of carbonyl (C=O) groups is 2. The van der Waals surface area contributed by atoms with Crippen LogP contribution in [0.5, 0.6) is 0 Å². The zero-order chi connectivity index (χ0) is 20.4. The van der Waals surface area contributed by atoms with Crippen LogP contribution in [-0.2, 0) is 16.1 Å². The molecule has 4 rings (SSSR count). The number of rotatable bonds is 4. The van der Waals surface area contributed by atoms with E-state index in [1.165, 1.54) is 12.1 Å². The average Bonchev–Trinajstić information content (AvgIpc) is 2.73. The lowest BCUT2D eigenvalue weighted by Gasteiger charge is -2.44. The number of carbonyl (C=O) groups excluding carboxylic acids is 1. The molecular weight excluding hydrogens is 390 g/mol. The van der Waals surface area contributed by atoms with Gasteiger partial charge in [0.2, 0.25) is 0 Å². The van der Waals surface area contributed by atoms with Gasteiger partial charge in [0.25, 0.3) is 5.91 Å². The number of hydrogen-bond donors (Lipinski definition) is 1. The molecule has 1 aliphatic heterocycles. The predicted molar refractivity (Wildman–Crippen MR) is 111 cm³/mol. The maximum atomic E-state index is 13.2. The van der Waals surface area contributed by atoms with Crippen LogP contribution in [0.2, 0.25) is 5.02 Å². The molecule has 1 aliphatic carbocycles. The van der Waals surface area contributed by atoms with Crippen LogP contribution < -0.4 is 0 Å². The summed E-state index contributed by atoms with van der Waals surface area (Å²) in [5.74, 6) is -0.802. The third-order valence-corrected chi connectivity index (χ3v) is 5.79. The number of nitrogens with zero attached hydrogens (tertiary/aromatic N) is 1. The van der Waals surface area contributed by atoms with Crippen LogP contribution in [0.25, 0.3) is 6.08 Å². The number of amides is 1. The lowest BCUT2D eigenvalue weighted by Crippen LogP contribution is -2.54. The Balaban J connectivity index is 1.62. The Morgan fingerprint density at radius 3 is 2.48 bits per heavy atom. The van der Waals surface area contributed by atoms with Gasteiger partial charge in [-0.25, -0.2) is 4.79 Å². The predicted octanol–water partition coefficient (Wildman–Crippen LogP) is 4.75. The van der Waals surface area contributed by atoms with E-state index in [1.807, 2.05) is 29.2 Å². The van der Waals surface area contributed by atoms with E-state index in [2.05, 4.69) is 0 Å². The van der Waals surface area contributed by atoms with Gasteiger partial charge in [0.15, 0.2) is 5.76 Å². The van der Waals surface area contributed by atoms with Gasteiger partial charge in [-0.1, -0.05) is 42.3 Å². The summed E-state index contributed by atoms with van der Waals surface area (Å²) in [5, 5.41) is 9.72. The van der Waals surface area contributed by atoms with Crippen molar-refractivity contribution in [3.05, 3.63) is 76.0 Å². The Morgan fingerprint density at radius 2 is 1.79 bits per heavy atom. The average molecular weight is 412 g/mol. The molecule has 5 nitrogen and oxygen atoms in total. The number of morpholine rings is 1. The topological polar surface area (TPSA) is 66.8 Å². The second-order valence-corrected chi connectivity index (χ2v) is 7.94. The van der Waals surface area contributed by atoms with Gasteiger partial charge in [-0.3, -0.25) is 4.79 Å². The van der Waals surface area contributed by atoms with Gasteiger partial charge in [0.05, 0.1) is 11.6 Å². The summed E-state index contributed by atoms with van der Waals surface area (Å²) in [4.78, 5) is 26.2. The molecule has 6 heteroatoms. The molecule has 1 heterocycles. The maximum absolute atomic E-state index is 13.2. The van der Waals surface area contributed by atoms with Crippen LogP contribution in [0.3, 0.4) is 0 Å². The fourth-order valence-electron chi connectivity index (χ4n) is 4.02. The highest BCUT2D eigenvalue weighted by Gasteiger charge is 2.41. The summed E-state index contributed by atoms with van der Waals surface area (Å²) in [5.41, 5.74) is 1.97. The normalized spacial score (nSPS) is 22.9. The molecule has 1 amide bonds. The number of fused-ring (bicyclic) bond motifs is 1. The molecule has 29 heavy (non-hydrogen) atoms. The summed E-state index contributed by atoms with van der Waals surface area (Å²) in [6, 6.07) is 14.0. The van der Waals surface area contributed by atoms with Crippen molar-refractivity contribution >= 4 is 29.6 Å². The third-order valence-electron chi connectivity index (χ3n) is 5.54. The van der Waals surface area contributed by atoms with Gasteiger partial charge in [-0.2, -0.15) is 0 Å². The van der Waals surface area contributed by atoms with E-state index in [-0.39, 0.29) is 23.6 Å². The Bertz CT molecular complexity index is 936. The van der Waals surface area contributed by atoms with Crippen LogP contribution in [0.4, 0.5) is 0 Å². The standard InChI is InChI=1S/C23H22ClNO4/c24-18-11-7-16(8-12-18)14-25-19-3-1-2-4-20(19)29-21(22(25)26)13-15-5-9-17(10-6-15)23(27)28/h5-13,19-20H,1-4,14H2,(H,27,28)/b21-13-. The van der Waals surface area contributed by atoms with E-state index >= 15 is 0 Å². The molecule has 0 aromatic heterocycles. The van der Waals surface area contributed by atoms with Crippen molar-refractivity contribution in [2.24, 2.45) is 0 Å². The van der Waals surface area contributed by atoms with E-state index in [0.29, 0.717) is 17.3 Å². The van der Waals surface area contributed by atoms with E-state index in [4.69, 9.17) is 21.4 Å². The van der Waals surface area contributed by atoms with Crippen LogP contribution >= 0.6 is 11.6 Å². The summed E-state index contributed by atoms with van der Waals surface area (Å²) >= 11 is 5.99. The van der Waals surface area contributed by atoms with Gasteiger partial charge in [0.1, 0.15) is 6.10 Å². The van der Waals surface area contributed by atoms with Crippen LogP contribution in [0.1, 0.15) is 47.2 Å². The van der Waals surface area contributed by atoms with E-state index in [0.717, 1.165) is 36.8 Å². The SMILES string of the molecule is O=C(O)c1ccc(/C=C2\OC3CCCCC3N(Cc3ccc(Cl)cc3)C2=O)cc1. The summed E-state index contributed by atoms with van der Waals surface area (Å²) in [6.45, 7) is 0.510. The lowest BCUT2D eigenvalue weighted by molar-refractivity contribution is -0.149. The molecule has 2 aliphatic rings. The molecule has 1 saturated carbocycles. The minimum atomic E-state index is -0.978. The maximum Gasteiger partial charge on any atom is 0.335 e. The molecule has 2 aromatic rings. The fraction of sp³-hybridized carbons (Fsp3) is 0.304. The largest absolute Gasteiger partial charge is 0.482 e. The van der Waals surface area contributed by atoms with Gasteiger partial charge in [0, 0.05) is 11.6 Å². The summed E-state index contributed by atoms with van der Waals surface area (Å²) in [7, 11) is 0. The van der Waals surface area contributed by atoms with Gasteiger partial charge < -0.3 is 14.7 Å². The Hall–Kier alpha value is -2.79. The second-order valence-electron chi connectivity index (χ2n) is 7.50. The van der Waals surface area contributed by atoms with Crippen molar-refractivity contribution in [3.8, 4) is 0 Å². The first kappa shape index (κ1) is 19.5. The zero-order valence-electron chi connectivity index (χ0n) is 15.9. The van der Waals surface area contributed by atoms with Crippen molar-refractivity contribution in [3.63, 3.8) is 0 Å². The van der Waals surface area contributed by atoms with E-state index < -0.39 is 5.97 Å². The van der Waals surface area contributed by atoms with E-state index in [1.54, 1.807) is 18.2 Å². The molecule has 0 bridgehead atoms. The minimum Gasteiger partial charge on any atom is -0.482 e. The third kappa shape index (κ3) is 4.30. The number of carboxylic acid groups (broad SMARTS) is 1. The highest BCUT2D eigenvalue weighted by atomic mass is 35.5. The Labute approximate surface area is 174 Å². The molecule has 150 valence electrons. The van der Waals surface area contributed by atoms with Crippen LogP contribution in [0, 0.1) is 0 Å². The summed E-state index contributed by atoms with van der Waals surface area (Å²) in [6.07, 6.45) is 5.72. The number of aromatic carboxylic acids is 1. The van der Waals surface area contributed by atoms with Gasteiger partial charge in [-0.05, 0) is 60.7 Å². The molecule has 2 unspecified atom stereocenters. The zero-order valence-corrected chi connectivity index (χ0v) is 16.6. The Kier molecular flexibility index (Phi) is 5.58. The first-order valence-corrected chi connectivity index (χ1v) is 10.2. The molecule has 0 radical (unpaired) electrons. The quantitative estimate of drug-likeness (QED) is 0.737. The highest BCUT2D eigenvalue weighted by molar-refractivity contribution is 6.30. The minimum absolute atomic E-state index is 0.0155. The monoisotopic (exact) mass is 411 g/mol. The number of halogens is 1. The van der Waals surface area contributed by atoms with Crippen LogP contribution in [0.15, 0.2) is 54.3 Å². The van der Waals surface area contributed by atoms with Crippen molar-refractivity contribution in [1.29, 1.82) is 0 Å². The molecule has 0 spiro atoms. The second kappa shape index (κ2) is 8.29. The van der Waals surface area contributed by atoms with Crippen molar-refractivity contribution < 1.29 is 19.4 Å². The van der Waals surface area contributed by atoms with Crippen LogP contribution in [-0.4, -0.2) is 34.0 Å². The lowest BCUT2D eigenvalue weighted by atomic mass is 9.89. The molecule has 2 fully saturated rings. The molecule has 2 atom stereocenters. The van der Waals surface area contributed by atoms with Crippen molar-refractivity contribution in [1.82, 2.24) is 4.90 Å². The van der Waals surface area contributed by atoms with Crippen molar-refractivity contribution in [2.45, 2.75) is 44.4 Å². The number of carboxylic acids is 1. The number of ether oxygens (including phenoxy) is 1. The first-order valence-electron chi connectivity index (χ1n) is 9.78. The van der Waals surface area contributed by atoms with Gasteiger partial charge in [-0.15, -0.1) is 0 Å². The van der Waals surface area contributed by atoms with Crippen molar-refractivity contribution in [2.75, 3.05) is 0 Å². The highest BCUT2D eigenvalue weighted by Crippen LogP contribution is 2.34. The molecule has 1 saturated heterocycles. The molecule has 1 N–H and O–H groups in total. The van der Waals surface area contributed by atoms with Gasteiger partial charge >= 0.3 is 5.97 Å². The van der Waals surface area contributed by atoms with E-state index in [9.17, 15) is 9.59 Å². The number of hydrogen-bond acceptors (Lipinski definition) is 3. The molecule has 2 aromatic carbocycles. The fourth-order valence-corrected chi connectivity index (χ4v) is 4.15. The first-order chi connectivity index (χ1) is 14.0. The number of benzene rings is 2. The Morgan fingerprint density at radius 1 is 1.10 bits per heavy atom. The molecular formula is C23H22ClNO4. The smallest absolute Gasteiger partial charge is 0.335 e.